The van der Waals surface area contributed by atoms with E-state index in [0.717, 1.165) is 75.2 Å². The van der Waals surface area contributed by atoms with E-state index in [1.165, 1.54) is 0 Å². The number of rotatable bonds is 8. The number of carboxylic acids is 1. The minimum absolute atomic E-state index is 0.0718. The number of hydrogen-bond acceptors (Lipinski definition) is 5. The zero-order valence-corrected chi connectivity index (χ0v) is 26.6. The number of carbonyl (C=O) groups excluding carboxylic acids is 1. The first kappa shape index (κ1) is 33.2. The highest BCUT2D eigenvalue weighted by molar-refractivity contribution is 6.42. The van der Waals surface area contributed by atoms with E-state index in [1.54, 1.807) is 11.0 Å². The third-order valence-corrected chi connectivity index (χ3v) is 9.15. The number of halogens is 2. The number of likely N-dealkylation sites (N-methyl/N-ethyl adjacent to an activating group) is 1. The normalized spacial score (nSPS) is 16.6. The molecule has 0 spiro atoms. The molecule has 0 unspecified atom stereocenters. The standard InChI is InChI=1S/C32H33Cl2N5O.C2H4O2/c1-36-26-10-13-39(14-11-26)27-20-38(21-27)12-9-25(23-7-8-30(33)31(34)17-23)19-37(2)32(40)29-16-22(18-35)15-24-5-3-4-6-28(24)29;1-2(3)4/h3-8,15-17,25-27H,9-14,19-21H2,2H3;1H3,(H,3,4)/t25-;/m1./s1. The Labute approximate surface area is 269 Å². The summed E-state index contributed by atoms with van der Waals surface area (Å²) < 4.78 is 0. The van der Waals surface area contributed by atoms with E-state index in [0.29, 0.717) is 33.8 Å². The summed E-state index contributed by atoms with van der Waals surface area (Å²) in [4.78, 5) is 33.2. The summed E-state index contributed by atoms with van der Waals surface area (Å²) >= 11 is 12.6. The number of nitrogens with zero attached hydrogens (tertiary/aromatic N) is 5. The quantitative estimate of drug-likeness (QED) is 0.288. The Balaban J connectivity index is 0.00000104. The van der Waals surface area contributed by atoms with Gasteiger partial charge in [-0.15, -0.1) is 0 Å². The Bertz CT molecular complexity index is 1570. The lowest BCUT2D eigenvalue weighted by atomic mass is 9.93. The fraction of sp³-hybridized carbons (Fsp3) is 0.412. The molecule has 1 N–H and O–H groups in total. The zero-order valence-electron chi connectivity index (χ0n) is 25.0. The van der Waals surface area contributed by atoms with Crippen molar-refractivity contribution in [1.29, 1.82) is 5.26 Å². The summed E-state index contributed by atoms with van der Waals surface area (Å²) in [6.45, 7) is 13.9. The largest absolute Gasteiger partial charge is 0.481 e. The van der Waals surface area contributed by atoms with Crippen molar-refractivity contribution in [3.8, 4) is 6.07 Å². The van der Waals surface area contributed by atoms with Gasteiger partial charge in [0, 0.05) is 77.1 Å². The summed E-state index contributed by atoms with van der Waals surface area (Å²) in [6, 6.07) is 19.9. The van der Waals surface area contributed by atoms with Crippen molar-refractivity contribution in [3.05, 3.63) is 92.8 Å². The van der Waals surface area contributed by atoms with Gasteiger partial charge in [0.2, 0.25) is 6.04 Å². The van der Waals surface area contributed by atoms with E-state index in [9.17, 15) is 10.1 Å². The average Bonchev–Trinajstić information content (AvgIpc) is 3.00. The van der Waals surface area contributed by atoms with Crippen molar-refractivity contribution in [2.75, 3.05) is 46.3 Å². The molecular formula is C34H37Cl2N5O3. The smallest absolute Gasteiger partial charge is 0.300 e. The predicted molar refractivity (Wildman–Crippen MR) is 174 cm³/mol. The third-order valence-electron chi connectivity index (χ3n) is 8.41. The highest BCUT2D eigenvalue weighted by Crippen LogP contribution is 2.31. The first-order valence-corrected chi connectivity index (χ1v) is 15.5. The summed E-state index contributed by atoms with van der Waals surface area (Å²) in [5.41, 5.74) is 2.07. The number of nitriles is 1. The molecule has 3 aromatic carbocycles. The average molecular weight is 635 g/mol. The molecule has 2 heterocycles. The second-order valence-electron chi connectivity index (χ2n) is 11.5. The predicted octanol–water partition coefficient (Wildman–Crippen LogP) is 6.42. The van der Waals surface area contributed by atoms with Crippen LogP contribution in [0.2, 0.25) is 10.0 Å². The van der Waals surface area contributed by atoms with Crippen LogP contribution in [-0.4, -0.2) is 90.1 Å². The fourth-order valence-electron chi connectivity index (χ4n) is 5.98. The summed E-state index contributed by atoms with van der Waals surface area (Å²) in [5, 5.41) is 19.7. The number of carbonyl (C=O) groups is 2. The molecule has 8 nitrogen and oxygen atoms in total. The second-order valence-corrected chi connectivity index (χ2v) is 12.3. The van der Waals surface area contributed by atoms with Gasteiger partial charge in [-0.2, -0.15) is 5.26 Å². The molecular weight excluding hydrogens is 597 g/mol. The lowest BCUT2D eigenvalue weighted by molar-refractivity contribution is -0.134. The number of likely N-dealkylation sites (tertiary alicyclic amines) is 2. The number of piperidine rings is 1. The van der Waals surface area contributed by atoms with E-state index in [1.807, 2.05) is 55.6 Å². The Kier molecular flexibility index (Phi) is 11.6. The summed E-state index contributed by atoms with van der Waals surface area (Å²) in [7, 11) is 1.83. The second kappa shape index (κ2) is 15.4. The van der Waals surface area contributed by atoms with Crippen molar-refractivity contribution in [3.63, 3.8) is 0 Å². The number of benzene rings is 3. The minimum Gasteiger partial charge on any atom is -0.481 e. The Morgan fingerprint density at radius 3 is 2.43 bits per heavy atom. The molecule has 230 valence electrons. The van der Waals surface area contributed by atoms with Crippen molar-refractivity contribution >= 4 is 45.9 Å². The van der Waals surface area contributed by atoms with Gasteiger partial charge < -0.3 is 19.8 Å². The van der Waals surface area contributed by atoms with E-state index in [-0.39, 0.29) is 17.9 Å². The van der Waals surface area contributed by atoms with Gasteiger partial charge in [-0.1, -0.05) is 53.5 Å². The molecule has 2 aliphatic rings. The zero-order chi connectivity index (χ0) is 31.8. The molecule has 1 amide bonds. The Hall–Kier alpha value is -3.66. The number of hydrogen-bond donors (Lipinski definition) is 1. The first-order valence-electron chi connectivity index (χ1n) is 14.7. The van der Waals surface area contributed by atoms with Gasteiger partial charge in [-0.05, 0) is 53.6 Å². The van der Waals surface area contributed by atoms with E-state index >= 15 is 0 Å². The van der Waals surface area contributed by atoms with Crippen LogP contribution in [-0.2, 0) is 4.79 Å². The maximum atomic E-state index is 13.7. The van der Waals surface area contributed by atoms with Gasteiger partial charge >= 0.3 is 0 Å². The van der Waals surface area contributed by atoms with Crippen molar-refractivity contribution in [2.45, 2.75) is 44.2 Å². The van der Waals surface area contributed by atoms with Crippen LogP contribution in [0.1, 0.15) is 53.6 Å². The van der Waals surface area contributed by atoms with Crippen LogP contribution >= 0.6 is 23.2 Å². The third kappa shape index (κ3) is 8.49. The number of fused-ring (bicyclic) bond motifs is 1. The molecule has 44 heavy (non-hydrogen) atoms. The minimum atomic E-state index is -0.833. The number of amides is 1. The molecule has 5 rings (SSSR count). The van der Waals surface area contributed by atoms with E-state index in [2.05, 4.69) is 20.7 Å². The van der Waals surface area contributed by atoms with Crippen molar-refractivity contribution < 1.29 is 14.7 Å². The van der Waals surface area contributed by atoms with Crippen molar-refractivity contribution in [2.24, 2.45) is 0 Å². The van der Waals surface area contributed by atoms with Crippen LogP contribution in [0.25, 0.3) is 15.6 Å². The van der Waals surface area contributed by atoms with Crippen LogP contribution in [0.3, 0.4) is 0 Å². The number of aliphatic carboxylic acids is 1. The van der Waals surface area contributed by atoms with Gasteiger partial charge in [0.05, 0.1) is 21.7 Å². The van der Waals surface area contributed by atoms with Gasteiger partial charge in [0.25, 0.3) is 11.9 Å². The fourth-order valence-corrected chi connectivity index (χ4v) is 6.28. The van der Waals surface area contributed by atoms with Gasteiger partial charge in [-0.25, -0.2) is 6.57 Å². The topological polar surface area (TPSA) is 92.2 Å². The molecule has 0 bridgehead atoms. The van der Waals surface area contributed by atoms with Gasteiger partial charge in [-0.3, -0.25) is 14.5 Å². The van der Waals surface area contributed by atoms with Gasteiger partial charge in [0.15, 0.2) is 0 Å². The molecule has 0 aliphatic carbocycles. The van der Waals surface area contributed by atoms with Crippen LogP contribution < -0.4 is 0 Å². The van der Waals surface area contributed by atoms with E-state index < -0.39 is 5.97 Å². The SMILES string of the molecule is CC(=O)O.[C-]#[N+]C1CCN(C2CN(CC[C@H](CN(C)C(=O)c3cc(C#N)cc4ccccc34)c3ccc(Cl)c(Cl)c3)C2)CC1. The molecule has 1 atom stereocenters. The molecule has 10 heteroatoms. The molecule has 2 fully saturated rings. The van der Waals surface area contributed by atoms with Gasteiger partial charge in [0.1, 0.15) is 0 Å². The first-order chi connectivity index (χ1) is 21.1. The highest BCUT2D eigenvalue weighted by atomic mass is 35.5. The maximum absolute atomic E-state index is 13.7. The van der Waals surface area contributed by atoms with Crippen LogP contribution in [0.5, 0.6) is 0 Å². The molecule has 3 aromatic rings. The summed E-state index contributed by atoms with van der Waals surface area (Å²) in [5.74, 6) is -0.868. The monoisotopic (exact) mass is 633 g/mol. The van der Waals surface area contributed by atoms with Crippen LogP contribution in [0.4, 0.5) is 0 Å². The molecule has 0 aromatic heterocycles. The Morgan fingerprint density at radius 1 is 1.11 bits per heavy atom. The van der Waals surface area contributed by atoms with Crippen LogP contribution in [0.15, 0.2) is 54.6 Å². The van der Waals surface area contributed by atoms with E-state index in [4.69, 9.17) is 39.7 Å². The lowest BCUT2D eigenvalue weighted by Gasteiger charge is -2.47. The Morgan fingerprint density at radius 2 is 1.80 bits per heavy atom. The molecule has 2 aliphatic heterocycles. The van der Waals surface area contributed by atoms with Crippen molar-refractivity contribution in [1.82, 2.24) is 14.7 Å². The highest BCUT2D eigenvalue weighted by Gasteiger charge is 2.35. The lowest BCUT2D eigenvalue weighted by Crippen LogP contribution is -2.61. The molecule has 0 saturated carbocycles. The number of carboxylic acid groups (broad SMARTS) is 1. The maximum Gasteiger partial charge on any atom is 0.300 e. The summed E-state index contributed by atoms with van der Waals surface area (Å²) in [6.07, 6.45) is 2.83. The van der Waals surface area contributed by atoms with Crippen LogP contribution in [0, 0.1) is 17.9 Å². The molecule has 2 saturated heterocycles. The molecule has 0 radical (unpaired) electrons.